The Morgan fingerprint density at radius 3 is 2.13 bits per heavy atom. The van der Waals surface area contributed by atoms with Crippen LogP contribution in [-0.2, 0) is 14.6 Å². The quantitative estimate of drug-likeness (QED) is 0.317. The Balaban J connectivity index is 1.27. The molecule has 47 heavy (non-hydrogen) atoms. The van der Waals surface area contributed by atoms with Crippen molar-refractivity contribution in [3.05, 3.63) is 0 Å². The molecule has 2 aliphatic heterocycles. The number of amides is 3. The second kappa shape index (κ2) is 14.5. The lowest BCUT2D eigenvalue weighted by Crippen LogP contribution is -2.59. The molecule has 5 saturated carbocycles. The number of aliphatic imine (C=N–C) groups is 1. The van der Waals surface area contributed by atoms with E-state index in [4.69, 9.17) is 39.8 Å². The monoisotopic (exact) mass is 730 g/mol. The largest absolute Gasteiger partial charge is 0.353 e. The highest BCUT2D eigenvalue weighted by atomic mass is 35.5. The third-order valence-corrected chi connectivity index (χ3v) is 17.2. The molecule has 6 fully saturated rings. The lowest BCUT2D eigenvalue weighted by molar-refractivity contribution is -0.123. The summed E-state index contributed by atoms with van der Waals surface area (Å²) in [5.74, 6) is 1.41. The van der Waals surface area contributed by atoms with E-state index in [1.165, 1.54) is 0 Å². The first-order valence-electron chi connectivity index (χ1n) is 18.7. The molecular formula is C35H53Cl3N4O4S. The topological polar surface area (TPSA) is 99.2 Å². The van der Waals surface area contributed by atoms with E-state index in [1.54, 1.807) is 4.90 Å². The Labute approximate surface area is 296 Å². The van der Waals surface area contributed by atoms with E-state index in [1.807, 2.05) is 4.90 Å². The van der Waals surface area contributed by atoms with Gasteiger partial charge in [-0.3, -0.25) is 14.7 Å². The van der Waals surface area contributed by atoms with Crippen LogP contribution in [0.3, 0.4) is 0 Å². The van der Waals surface area contributed by atoms with Gasteiger partial charge in [-0.05, 0) is 114 Å². The van der Waals surface area contributed by atoms with Gasteiger partial charge in [0.1, 0.15) is 12.4 Å². The summed E-state index contributed by atoms with van der Waals surface area (Å²) in [4.78, 5) is 36.8. The van der Waals surface area contributed by atoms with Gasteiger partial charge < -0.3 is 10.2 Å². The Bertz CT molecular complexity index is 1300. The maximum Gasteiger partial charge on any atom is 0.326 e. The van der Waals surface area contributed by atoms with Gasteiger partial charge in [0.05, 0.1) is 22.6 Å². The molecule has 1 N–H and O–H groups in total. The fourth-order valence-corrected chi connectivity index (χ4v) is 14.5. The first kappa shape index (κ1) is 34.7. The highest BCUT2D eigenvalue weighted by Gasteiger charge is 2.58. The highest BCUT2D eigenvalue weighted by Crippen LogP contribution is 2.53. The van der Waals surface area contributed by atoms with Crippen molar-refractivity contribution in [2.24, 2.45) is 34.6 Å². The van der Waals surface area contributed by atoms with Crippen LogP contribution in [0.15, 0.2) is 4.99 Å². The van der Waals surface area contributed by atoms with Gasteiger partial charge >= 0.3 is 6.03 Å². The van der Waals surface area contributed by atoms with Gasteiger partial charge in [0.25, 0.3) is 0 Å². The van der Waals surface area contributed by atoms with Crippen LogP contribution in [0.5, 0.6) is 0 Å². The van der Waals surface area contributed by atoms with Crippen molar-refractivity contribution in [1.82, 2.24) is 15.1 Å². The third-order valence-electron chi connectivity index (χ3n) is 13.2. The standard InChI is InChI=1S/C35H53Cl3N4O4S/c36-23-10-8-21(9-11-23)33-32(22-4-3-5-25(38)18-22)40-34(42(33)35(44)41-17-16-39-31(43)20-41)29-19-30(28-7-2-1-6-27(28)29)47(45,46)26-14-12-24(37)13-15-26/h21-30,32-33H,1-20H2,(H,39,43). The van der Waals surface area contributed by atoms with Crippen LogP contribution in [0, 0.1) is 29.6 Å². The van der Waals surface area contributed by atoms with Crippen molar-refractivity contribution in [3.8, 4) is 0 Å². The summed E-state index contributed by atoms with van der Waals surface area (Å²) in [5.41, 5.74) is 0. The first-order chi connectivity index (χ1) is 22.6. The van der Waals surface area contributed by atoms with Gasteiger partial charge in [0.2, 0.25) is 5.91 Å². The van der Waals surface area contributed by atoms with Gasteiger partial charge in [-0.2, -0.15) is 0 Å². The summed E-state index contributed by atoms with van der Waals surface area (Å²) in [6, 6.07) is -0.311. The SMILES string of the molecule is O=C1CN(C(=O)N2C(C3CC(S(=O)(=O)C4CCC(Cl)CC4)C4CCCCC34)=NC(C3CCCC(Cl)C3)C2C2CCC(Cl)CC2)CCN1. The Morgan fingerprint density at radius 2 is 1.45 bits per heavy atom. The Morgan fingerprint density at radius 1 is 0.766 bits per heavy atom. The predicted octanol–water partition coefficient (Wildman–Crippen LogP) is 6.74. The molecule has 0 aromatic rings. The zero-order valence-electron chi connectivity index (χ0n) is 27.6. The summed E-state index contributed by atoms with van der Waals surface area (Å²) in [7, 11) is -3.38. The summed E-state index contributed by atoms with van der Waals surface area (Å²) in [5, 5.41) is 2.48. The third kappa shape index (κ3) is 6.96. The zero-order valence-corrected chi connectivity index (χ0v) is 30.7. The van der Waals surface area contributed by atoms with Gasteiger partial charge in [0, 0.05) is 35.1 Å². The number of piperazine rings is 1. The fraction of sp³-hybridized carbons (Fsp3) is 0.914. The molecule has 7 rings (SSSR count). The number of carbonyl (C=O) groups excluding carboxylic acids is 2. The minimum absolute atomic E-state index is 0.0403. The second-order valence-corrected chi connectivity index (χ2v) is 20.2. The maximum absolute atomic E-state index is 14.8. The summed E-state index contributed by atoms with van der Waals surface area (Å²) < 4.78 is 28.9. The molecule has 12 heteroatoms. The summed E-state index contributed by atoms with van der Waals surface area (Å²) in [6.45, 7) is 0.939. The molecule has 8 unspecified atom stereocenters. The van der Waals surface area contributed by atoms with Crippen LogP contribution in [0.2, 0.25) is 0 Å². The fourth-order valence-electron chi connectivity index (χ4n) is 10.8. The molecule has 1 saturated heterocycles. The molecule has 264 valence electrons. The molecule has 5 aliphatic carbocycles. The lowest BCUT2D eigenvalue weighted by Gasteiger charge is -2.43. The number of urea groups is 1. The normalized spacial score (nSPS) is 43.3. The average molecular weight is 732 g/mol. The molecule has 0 aromatic carbocycles. The van der Waals surface area contributed by atoms with Crippen molar-refractivity contribution in [2.45, 2.75) is 148 Å². The summed E-state index contributed by atoms with van der Waals surface area (Å²) >= 11 is 19.8. The van der Waals surface area contributed by atoms with E-state index in [-0.39, 0.29) is 81.5 Å². The van der Waals surface area contributed by atoms with Crippen LogP contribution < -0.4 is 5.32 Å². The van der Waals surface area contributed by atoms with Crippen LogP contribution in [0.4, 0.5) is 4.79 Å². The number of fused-ring (bicyclic) bond motifs is 1. The van der Waals surface area contributed by atoms with Crippen molar-refractivity contribution < 1.29 is 18.0 Å². The predicted molar refractivity (Wildman–Crippen MR) is 188 cm³/mol. The van der Waals surface area contributed by atoms with Gasteiger partial charge in [-0.25, -0.2) is 13.2 Å². The molecule has 7 aliphatic rings. The van der Waals surface area contributed by atoms with E-state index >= 15 is 0 Å². The van der Waals surface area contributed by atoms with E-state index in [0.717, 1.165) is 95.7 Å². The number of alkyl halides is 3. The lowest BCUT2D eigenvalue weighted by atomic mass is 9.74. The van der Waals surface area contributed by atoms with Crippen LogP contribution in [0.25, 0.3) is 0 Å². The number of amidine groups is 1. The Hall–Kier alpha value is -0.770. The van der Waals surface area contributed by atoms with E-state index in [9.17, 15) is 18.0 Å². The number of hydrogen-bond acceptors (Lipinski definition) is 5. The van der Waals surface area contributed by atoms with Crippen LogP contribution >= 0.6 is 34.8 Å². The molecule has 0 spiro atoms. The molecule has 3 amide bonds. The number of hydrogen-bond donors (Lipinski definition) is 1. The molecule has 8 nitrogen and oxygen atoms in total. The maximum atomic E-state index is 14.8. The number of sulfone groups is 1. The minimum Gasteiger partial charge on any atom is -0.353 e. The van der Waals surface area contributed by atoms with Gasteiger partial charge in [-0.1, -0.05) is 19.3 Å². The second-order valence-electron chi connectivity index (χ2n) is 15.9. The smallest absolute Gasteiger partial charge is 0.326 e. The summed E-state index contributed by atoms with van der Waals surface area (Å²) in [6.07, 6.45) is 15.1. The number of rotatable bonds is 5. The van der Waals surface area contributed by atoms with Crippen molar-refractivity contribution in [1.29, 1.82) is 0 Å². The molecule has 0 radical (unpaired) electrons. The van der Waals surface area contributed by atoms with Crippen LogP contribution in [0.1, 0.15) is 109 Å². The van der Waals surface area contributed by atoms with E-state index in [0.29, 0.717) is 32.4 Å². The number of carbonyl (C=O) groups is 2. The molecule has 8 atom stereocenters. The molecule has 2 heterocycles. The van der Waals surface area contributed by atoms with Crippen LogP contribution in [-0.4, -0.2) is 94.3 Å². The molecule has 0 aromatic heterocycles. The number of nitrogens with zero attached hydrogens (tertiary/aromatic N) is 3. The van der Waals surface area contributed by atoms with Gasteiger partial charge in [0.15, 0.2) is 9.84 Å². The van der Waals surface area contributed by atoms with Gasteiger partial charge in [-0.15, -0.1) is 34.8 Å². The molecule has 0 bridgehead atoms. The van der Waals surface area contributed by atoms with Crippen molar-refractivity contribution in [2.75, 3.05) is 19.6 Å². The highest BCUT2D eigenvalue weighted by molar-refractivity contribution is 7.92. The van der Waals surface area contributed by atoms with E-state index in [2.05, 4.69) is 5.32 Å². The van der Waals surface area contributed by atoms with E-state index < -0.39 is 15.1 Å². The minimum atomic E-state index is -3.38. The Kier molecular flexibility index (Phi) is 10.7. The van der Waals surface area contributed by atoms with Crippen molar-refractivity contribution in [3.63, 3.8) is 0 Å². The van der Waals surface area contributed by atoms with Crippen molar-refractivity contribution >= 4 is 62.4 Å². The zero-order chi connectivity index (χ0) is 32.9. The number of nitrogens with one attached hydrogen (secondary N) is 1. The number of halogens is 3. The average Bonchev–Trinajstić information content (AvgIpc) is 3.65. The first-order valence-corrected chi connectivity index (χ1v) is 21.6. The molecular weight excluding hydrogens is 679 g/mol.